The number of hydrogen-bond donors (Lipinski definition) is 1. The summed E-state index contributed by atoms with van der Waals surface area (Å²) >= 11 is 0. The molecule has 1 aromatic carbocycles. The first-order valence-corrected chi connectivity index (χ1v) is 10.0. The molecule has 0 aliphatic carbocycles. The molecule has 4 rings (SSSR count). The van der Waals surface area contributed by atoms with Crippen LogP contribution in [0.4, 0.5) is 4.39 Å². The van der Waals surface area contributed by atoms with E-state index in [0.29, 0.717) is 31.3 Å². The molecular formula is C22H25FN6O2. The maximum absolute atomic E-state index is 13.1. The molecule has 9 heteroatoms. The molecular weight excluding hydrogens is 399 g/mol. The van der Waals surface area contributed by atoms with Crippen LogP contribution < -0.4 is 10.1 Å². The Hall–Kier alpha value is -3.46. The van der Waals surface area contributed by atoms with Gasteiger partial charge >= 0.3 is 0 Å². The minimum Gasteiger partial charge on any atom is -0.439 e. The van der Waals surface area contributed by atoms with E-state index in [1.165, 1.54) is 12.1 Å². The number of nitrogens with one attached hydrogen (secondary N) is 1. The Morgan fingerprint density at radius 3 is 2.90 bits per heavy atom. The lowest BCUT2D eigenvalue weighted by Crippen LogP contribution is -2.47. The van der Waals surface area contributed by atoms with E-state index < -0.39 is 0 Å². The van der Waals surface area contributed by atoms with Crippen LogP contribution in [0.3, 0.4) is 0 Å². The molecule has 0 amide bonds. The van der Waals surface area contributed by atoms with E-state index in [0.717, 1.165) is 23.6 Å². The topological polar surface area (TPSA) is 76.8 Å². The van der Waals surface area contributed by atoms with Crippen LogP contribution in [0.25, 0.3) is 0 Å². The van der Waals surface area contributed by atoms with Gasteiger partial charge in [0.05, 0.1) is 19.3 Å². The van der Waals surface area contributed by atoms with Gasteiger partial charge < -0.3 is 19.7 Å². The number of aryl methyl sites for hydroxylation is 1. The van der Waals surface area contributed by atoms with Crippen molar-refractivity contribution >= 4 is 5.96 Å². The van der Waals surface area contributed by atoms with Gasteiger partial charge in [-0.05, 0) is 35.9 Å². The first-order valence-electron chi connectivity index (χ1n) is 10.0. The first kappa shape index (κ1) is 20.8. The van der Waals surface area contributed by atoms with Crippen molar-refractivity contribution in [1.29, 1.82) is 0 Å². The molecule has 1 saturated heterocycles. The predicted molar refractivity (Wildman–Crippen MR) is 114 cm³/mol. The van der Waals surface area contributed by atoms with E-state index in [2.05, 4.69) is 25.3 Å². The molecule has 1 unspecified atom stereocenters. The third kappa shape index (κ3) is 5.37. The summed E-state index contributed by atoms with van der Waals surface area (Å²) in [7, 11) is 3.67. The molecule has 8 nitrogen and oxygen atoms in total. The second kappa shape index (κ2) is 9.57. The number of hydrogen-bond acceptors (Lipinski definition) is 5. The zero-order valence-electron chi connectivity index (χ0n) is 17.5. The van der Waals surface area contributed by atoms with E-state index in [-0.39, 0.29) is 11.9 Å². The van der Waals surface area contributed by atoms with Crippen LogP contribution in [-0.2, 0) is 18.3 Å². The van der Waals surface area contributed by atoms with E-state index >= 15 is 0 Å². The summed E-state index contributed by atoms with van der Waals surface area (Å²) in [6.45, 7) is 2.63. The Morgan fingerprint density at radius 2 is 2.16 bits per heavy atom. The van der Waals surface area contributed by atoms with Crippen molar-refractivity contribution in [3.63, 3.8) is 0 Å². The first-order chi connectivity index (χ1) is 15.1. The normalized spacial score (nSPS) is 16.9. The second-order valence-corrected chi connectivity index (χ2v) is 7.21. The van der Waals surface area contributed by atoms with Crippen LogP contribution in [0.15, 0.2) is 60.0 Å². The summed E-state index contributed by atoms with van der Waals surface area (Å²) in [4.78, 5) is 10.8. The number of ether oxygens (including phenoxy) is 2. The number of morpholine rings is 1. The zero-order valence-corrected chi connectivity index (χ0v) is 17.5. The van der Waals surface area contributed by atoms with Gasteiger partial charge in [0.1, 0.15) is 17.7 Å². The van der Waals surface area contributed by atoms with Crippen molar-refractivity contribution in [2.24, 2.45) is 12.0 Å². The van der Waals surface area contributed by atoms with Crippen molar-refractivity contribution in [3.8, 4) is 11.6 Å². The van der Waals surface area contributed by atoms with Gasteiger partial charge in [0.25, 0.3) is 0 Å². The average molecular weight is 424 g/mol. The minimum absolute atomic E-state index is 0.0439. The highest BCUT2D eigenvalue weighted by Crippen LogP contribution is 2.22. The van der Waals surface area contributed by atoms with E-state index in [4.69, 9.17) is 9.47 Å². The Balaban J connectivity index is 1.36. The van der Waals surface area contributed by atoms with Gasteiger partial charge in [-0.3, -0.25) is 9.67 Å². The lowest BCUT2D eigenvalue weighted by Gasteiger charge is -2.34. The van der Waals surface area contributed by atoms with Gasteiger partial charge in [0.15, 0.2) is 5.96 Å². The highest BCUT2D eigenvalue weighted by molar-refractivity contribution is 5.80. The van der Waals surface area contributed by atoms with Gasteiger partial charge in [-0.1, -0.05) is 0 Å². The fraction of sp³-hybridized carbons (Fsp3) is 0.318. The molecule has 0 saturated carbocycles. The van der Waals surface area contributed by atoms with Gasteiger partial charge in [-0.2, -0.15) is 5.10 Å². The second-order valence-electron chi connectivity index (χ2n) is 7.21. The SMILES string of the molecule is CN=C(NCc1ccnc(Oc2ccc(F)cc2)c1)N1CCOC(c2cnn(C)c2)C1. The molecule has 1 aliphatic heterocycles. The molecule has 0 bridgehead atoms. The Labute approximate surface area is 180 Å². The number of benzene rings is 1. The third-order valence-corrected chi connectivity index (χ3v) is 4.96. The molecule has 3 heterocycles. The maximum atomic E-state index is 13.1. The van der Waals surface area contributed by atoms with Gasteiger partial charge in [0, 0.05) is 51.2 Å². The number of nitrogens with zero attached hydrogens (tertiary/aromatic N) is 5. The minimum atomic E-state index is -0.307. The highest BCUT2D eigenvalue weighted by Gasteiger charge is 2.25. The van der Waals surface area contributed by atoms with Crippen LogP contribution >= 0.6 is 0 Å². The Morgan fingerprint density at radius 1 is 1.32 bits per heavy atom. The average Bonchev–Trinajstić information content (AvgIpc) is 3.23. The molecule has 1 fully saturated rings. The standard InChI is InChI=1S/C22H25FN6O2/c1-24-22(29-9-10-30-20(15-29)17-13-27-28(2)14-17)26-12-16-7-8-25-21(11-16)31-19-5-3-18(23)4-6-19/h3-8,11,13-14,20H,9-10,12,15H2,1-2H3,(H,24,26). The molecule has 3 aromatic rings. The molecule has 162 valence electrons. The van der Waals surface area contributed by atoms with Crippen molar-refractivity contribution < 1.29 is 13.9 Å². The summed E-state index contributed by atoms with van der Waals surface area (Å²) in [5.41, 5.74) is 2.05. The lowest BCUT2D eigenvalue weighted by atomic mass is 10.1. The fourth-order valence-corrected chi connectivity index (χ4v) is 3.40. The van der Waals surface area contributed by atoms with Crippen LogP contribution in [-0.4, -0.2) is 52.4 Å². The fourth-order valence-electron chi connectivity index (χ4n) is 3.40. The molecule has 0 radical (unpaired) electrons. The molecule has 2 aromatic heterocycles. The number of aliphatic imine (C=N–C) groups is 1. The highest BCUT2D eigenvalue weighted by atomic mass is 19.1. The molecule has 0 spiro atoms. The Kier molecular flexibility index (Phi) is 6.42. The summed E-state index contributed by atoms with van der Waals surface area (Å²) < 4.78 is 26.5. The number of aromatic nitrogens is 3. The van der Waals surface area contributed by atoms with E-state index in [1.807, 2.05) is 31.6 Å². The number of rotatable bonds is 5. The molecule has 31 heavy (non-hydrogen) atoms. The lowest BCUT2D eigenvalue weighted by molar-refractivity contribution is -0.00805. The van der Waals surface area contributed by atoms with Crippen LogP contribution in [0, 0.1) is 5.82 Å². The quantitative estimate of drug-likeness (QED) is 0.501. The summed E-state index contributed by atoms with van der Waals surface area (Å²) in [5.74, 6) is 1.47. The van der Waals surface area contributed by atoms with Crippen molar-refractivity contribution in [3.05, 3.63) is 71.9 Å². The predicted octanol–water partition coefficient (Wildman–Crippen LogP) is 2.90. The number of guanidine groups is 1. The number of pyridine rings is 1. The molecule has 1 atom stereocenters. The largest absolute Gasteiger partial charge is 0.439 e. The van der Waals surface area contributed by atoms with Crippen LogP contribution in [0.1, 0.15) is 17.2 Å². The van der Waals surface area contributed by atoms with Crippen molar-refractivity contribution in [2.45, 2.75) is 12.6 Å². The van der Waals surface area contributed by atoms with Gasteiger partial charge in [-0.15, -0.1) is 0 Å². The monoisotopic (exact) mass is 424 g/mol. The van der Waals surface area contributed by atoms with Crippen molar-refractivity contribution in [1.82, 2.24) is 25.0 Å². The summed E-state index contributed by atoms with van der Waals surface area (Å²) in [5, 5.41) is 7.63. The maximum Gasteiger partial charge on any atom is 0.219 e. The zero-order chi connectivity index (χ0) is 21.6. The van der Waals surface area contributed by atoms with E-state index in [1.54, 1.807) is 30.1 Å². The van der Waals surface area contributed by atoms with E-state index in [9.17, 15) is 4.39 Å². The van der Waals surface area contributed by atoms with Gasteiger partial charge in [0.2, 0.25) is 5.88 Å². The molecule has 1 aliphatic rings. The smallest absolute Gasteiger partial charge is 0.219 e. The third-order valence-electron chi connectivity index (χ3n) is 4.96. The molecule has 1 N–H and O–H groups in total. The summed E-state index contributed by atoms with van der Waals surface area (Å²) in [6.07, 6.45) is 5.46. The Bertz CT molecular complexity index is 1040. The number of halogens is 1. The van der Waals surface area contributed by atoms with Gasteiger partial charge in [-0.25, -0.2) is 9.37 Å². The van der Waals surface area contributed by atoms with Crippen LogP contribution in [0.5, 0.6) is 11.6 Å². The summed E-state index contributed by atoms with van der Waals surface area (Å²) in [6, 6.07) is 9.61. The van der Waals surface area contributed by atoms with Crippen molar-refractivity contribution in [2.75, 3.05) is 26.7 Å². The van der Waals surface area contributed by atoms with Crippen LogP contribution in [0.2, 0.25) is 0 Å².